The molecule has 6 heteroatoms. The Morgan fingerprint density at radius 3 is 2.72 bits per heavy atom. The Labute approximate surface area is 106 Å². The minimum atomic E-state index is -0.126. The number of aryl methyl sites for hydroxylation is 2. The molecule has 1 heterocycles. The molecule has 100 valence electrons. The van der Waals surface area contributed by atoms with Crippen molar-refractivity contribution in [1.82, 2.24) is 14.7 Å². The monoisotopic (exact) mass is 252 g/mol. The SMILES string of the molecule is CCc1nn(C)c(C(=O)N(CCO)C2CC2)c1N. The molecule has 6 nitrogen and oxygen atoms in total. The van der Waals surface area contributed by atoms with Crippen molar-refractivity contribution < 1.29 is 9.90 Å². The molecule has 2 rings (SSSR count). The number of aliphatic hydroxyl groups is 1. The van der Waals surface area contributed by atoms with E-state index >= 15 is 0 Å². The number of hydrogen-bond acceptors (Lipinski definition) is 4. The van der Waals surface area contributed by atoms with E-state index in [1.807, 2.05) is 6.92 Å². The van der Waals surface area contributed by atoms with Crippen LogP contribution in [0.15, 0.2) is 0 Å². The Morgan fingerprint density at radius 1 is 1.61 bits per heavy atom. The summed E-state index contributed by atoms with van der Waals surface area (Å²) >= 11 is 0. The minimum Gasteiger partial charge on any atom is -0.395 e. The highest BCUT2D eigenvalue weighted by Gasteiger charge is 2.35. The lowest BCUT2D eigenvalue weighted by Gasteiger charge is -2.21. The Kier molecular flexibility index (Phi) is 3.56. The van der Waals surface area contributed by atoms with Crippen molar-refractivity contribution in [2.75, 3.05) is 18.9 Å². The zero-order chi connectivity index (χ0) is 13.3. The van der Waals surface area contributed by atoms with Crippen LogP contribution in [-0.2, 0) is 13.5 Å². The summed E-state index contributed by atoms with van der Waals surface area (Å²) in [4.78, 5) is 14.2. The predicted molar refractivity (Wildman–Crippen MR) is 68.1 cm³/mol. The summed E-state index contributed by atoms with van der Waals surface area (Å²) in [5, 5.41) is 13.3. The van der Waals surface area contributed by atoms with E-state index in [9.17, 15) is 4.79 Å². The molecule has 1 fully saturated rings. The first kappa shape index (κ1) is 12.9. The molecule has 1 aromatic rings. The maximum Gasteiger partial charge on any atom is 0.274 e. The molecule has 0 aromatic carbocycles. The van der Waals surface area contributed by atoms with E-state index in [1.54, 1.807) is 16.6 Å². The molecule has 1 saturated carbocycles. The molecule has 0 bridgehead atoms. The first-order chi connectivity index (χ1) is 8.60. The van der Waals surface area contributed by atoms with Crippen molar-refractivity contribution >= 4 is 11.6 Å². The number of rotatable bonds is 5. The van der Waals surface area contributed by atoms with Gasteiger partial charge in [0.05, 0.1) is 18.0 Å². The number of aromatic nitrogens is 2. The first-order valence-electron chi connectivity index (χ1n) is 6.33. The molecule has 18 heavy (non-hydrogen) atoms. The Balaban J connectivity index is 2.29. The molecule has 0 saturated heterocycles. The molecule has 3 N–H and O–H groups in total. The zero-order valence-corrected chi connectivity index (χ0v) is 10.9. The van der Waals surface area contributed by atoms with Gasteiger partial charge in [0.2, 0.25) is 0 Å². The third-order valence-corrected chi connectivity index (χ3v) is 3.29. The molecule has 1 amide bonds. The largest absolute Gasteiger partial charge is 0.395 e. The van der Waals surface area contributed by atoms with Crippen molar-refractivity contribution in [2.24, 2.45) is 7.05 Å². The molecule has 0 atom stereocenters. The van der Waals surface area contributed by atoms with Gasteiger partial charge in [0, 0.05) is 19.6 Å². The standard InChI is InChI=1S/C12H20N4O2/c1-3-9-10(13)11(15(2)14-9)12(18)16(6-7-17)8-4-5-8/h8,17H,3-7,13H2,1-2H3. The van der Waals surface area contributed by atoms with Crippen LogP contribution >= 0.6 is 0 Å². The summed E-state index contributed by atoms with van der Waals surface area (Å²) in [5.74, 6) is -0.126. The van der Waals surface area contributed by atoms with Gasteiger partial charge in [-0.25, -0.2) is 0 Å². The summed E-state index contributed by atoms with van der Waals surface area (Å²) in [7, 11) is 1.73. The van der Waals surface area contributed by atoms with Crippen LogP contribution in [0.3, 0.4) is 0 Å². The summed E-state index contributed by atoms with van der Waals surface area (Å²) in [6, 6.07) is 0.254. The van der Waals surface area contributed by atoms with Gasteiger partial charge in [0.25, 0.3) is 5.91 Å². The van der Waals surface area contributed by atoms with Crippen LogP contribution in [0, 0.1) is 0 Å². The summed E-state index contributed by atoms with van der Waals surface area (Å²) in [5.41, 5.74) is 7.63. The van der Waals surface area contributed by atoms with Crippen LogP contribution in [0.2, 0.25) is 0 Å². The molecule has 0 radical (unpaired) electrons. The second-order valence-electron chi connectivity index (χ2n) is 4.64. The predicted octanol–water partition coefficient (Wildman–Crippen LogP) is 0.162. The van der Waals surface area contributed by atoms with Gasteiger partial charge in [-0.05, 0) is 19.3 Å². The van der Waals surface area contributed by atoms with Crippen LogP contribution in [-0.4, -0.2) is 44.9 Å². The van der Waals surface area contributed by atoms with E-state index in [-0.39, 0.29) is 18.6 Å². The van der Waals surface area contributed by atoms with Crippen molar-refractivity contribution in [3.63, 3.8) is 0 Å². The van der Waals surface area contributed by atoms with Gasteiger partial charge in [-0.15, -0.1) is 0 Å². The number of nitrogens with two attached hydrogens (primary N) is 1. The van der Waals surface area contributed by atoms with Crippen LogP contribution < -0.4 is 5.73 Å². The van der Waals surface area contributed by atoms with Gasteiger partial charge in [-0.2, -0.15) is 5.10 Å². The maximum absolute atomic E-state index is 12.5. The minimum absolute atomic E-state index is 0.0272. The number of hydrogen-bond donors (Lipinski definition) is 2. The van der Waals surface area contributed by atoms with Gasteiger partial charge in [0.1, 0.15) is 5.69 Å². The molecule has 0 aliphatic heterocycles. The van der Waals surface area contributed by atoms with Gasteiger partial charge in [-0.1, -0.05) is 6.92 Å². The molecular weight excluding hydrogens is 232 g/mol. The van der Waals surface area contributed by atoms with E-state index in [1.165, 1.54) is 0 Å². The summed E-state index contributed by atoms with van der Waals surface area (Å²) in [6.07, 6.45) is 2.71. The Hall–Kier alpha value is -1.56. The zero-order valence-electron chi connectivity index (χ0n) is 10.9. The summed E-state index contributed by atoms with van der Waals surface area (Å²) in [6.45, 7) is 2.29. The maximum atomic E-state index is 12.5. The average Bonchev–Trinajstić information content (AvgIpc) is 3.12. The highest BCUT2D eigenvalue weighted by Crippen LogP contribution is 2.29. The van der Waals surface area contributed by atoms with E-state index < -0.39 is 0 Å². The van der Waals surface area contributed by atoms with Gasteiger partial charge in [-0.3, -0.25) is 9.48 Å². The van der Waals surface area contributed by atoms with E-state index in [4.69, 9.17) is 10.8 Å². The third kappa shape index (κ3) is 2.20. The highest BCUT2D eigenvalue weighted by molar-refractivity contribution is 5.98. The lowest BCUT2D eigenvalue weighted by atomic mass is 10.2. The second-order valence-corrected chi connectivity index (χ2v) is 4.64. The van der Waals surface area contributed by atoms with Crippen LogP contribution in [0.5, 0.6) is 0 Å². The number of carbonyl (C=O) groups is 1. The smallest absolute Gasteiger partial charge is 0.274 e. The molecule has 1 aliphatic rings. The number of aliphatic hydroxyl groups excluding tert-OH is 1. The third-order valence-electron chi connectivity index (χ3n) is 3.29. The van der Waals surface area contributed by atoms with Crippen LogP contribution in [0.1, 0.15) is 35.9 Å². The van der Waals surface area contributed by atoms with Crippen LogP contribution in [0.4, 0.5) is 5.69 Å². The van der Waals surface area contributed by atoms with E-state index in [0.29, 0.717) is 24.3 Å². The molecule has 1 aliphatic carbocycles. The normalized spacial score (nSPS) is 14.8. The molecule has 0 spiro atoms. The molecular formula is C12H20N4O2. The van der Waals surface area contributed by atoms with Crippen molar-refractivity contribution in [1.29, 1.82) is 0 Å². The van der Waals surface area contributed by atoms with E-state index in [0.717, 1.165) is 18.5 Å². The quantitative estimate of drug-likeness (QED) is 0.782. The number of nitrogens with zero attached hydrogens (tertiary/aromatic N) is 3. The number of carbonyl (C=O) groups excluding carboxylic acids is 1. The lowest BCUT2D eigenvalue weighted by molar-refractivity contribution is 0.0697. The van der Waals surface area contributed by atoms with Gasteiger partial charge >= 0.3 is 0 Å². The fourth-order valence-electron chi connectivity index (χ4n) is 2.19. The van der Waals surface area contributed by atoms with Crippen molar-refractivity contribution in [3.8, 4) is 0 Å². The topological polar surface area (TPSA) is 84.4 Å². The number of amides is 1. The summed E-state index contributed by atoms with van der Waals surface area (Å²) < 4.78 is 1.54. The fraction of sp³-hybridized carbons (Fsp3) is 0.667. The molecule has 0 unspecified atom stereocenters. The second kappa shape index (κ2) is 4.97. The van der Waals surface area contributed by atoms with Crippen LogP contribution in [0.25, 0.3) is 0 Å². The number of nitrogen functional groups attached to an aromatic ring is 1. The lowest BCUT2D eigenvalue weighted by Crippen LogP contribution is -2.37. The molecule has 1 aromatic heterocycles. The van der Waals surface area contributed by atoms with Gasteiger partial charge < -0.3 is 15.7 Å². The first-order valence-corrected chi connectivity index (χ1v) is 6.33. The van der Waals surface area contributed by atoms with Crippen molar-refractivity contribution in [2.45, 2.75) is 32.2 Å². The van der Waals surface area contributed by atoms with Gasteiger partial charge in [0.15, 0.2) is 0 Å². The van der Waals surface area contributed by atoms with Crippen molar-refractivity contribution in [3.05, 3.63) is 11.4 Å². The highest BCUT2D eigenvalue weighted by atomic mass is 16.3. The van der Waals surface area contributed by atoms with E-state index in [2.05, 4.69) is 5.10 Å². The fourth-order valence-corrected chi connectivity index (χ4v) is 2.19. The Morgan fingerprint density at radius 2 is 2.28 bits per heavy atom. The number of anilines is 1. The average molecular weight is 252 g/mol. The Bertz CT molecular complexity index is 451.